The van der Waals surface area contributed by atoms with Gasteiger partial charge in [-0.25, -0.2) is 4.98 Å². The van der Waals surface area contributed by atoms with Gasteiger partial charge in [0.1, 0.15) is 18.7 Å². The van der Waals surface area contributed by atoms with E-state index in [2.05, 4.69) is 28.2 Å². The number of rotatable bonds is 5. The van der Waals surface area contributed by atoms with Crippen LogP contribution >= 0.6 is 0 Å². The molecular formula is C23H26N4O. The van der Waals surface area contributed by atoms with Crippen molar-refractivity contribution in [3.05, 3.63) is 84.4 Å². The third kappa shape index (κ3) is 4.60. The van der Waals surface area contributed by atoms with Gasteiger partial charge in [-0.3, -0.25) is 9.58 Å². The van der Waals surface area contributed by atoms with E-state index in [1.54, 1.807) is 6.20 Å². The molecule has 1 aliphatic rings. The van der Waals surface area contributed by atoms with Gasteiger partial charge in [-0.2, -0.15) is 5.10 Å². The van der Waals surface area contributed by atoms with Crippen LogP contribution in [0.1, 0.15) is 36.8 Å². The molecule has 0 amide bonds. The maximum atomic E-state index is 6.02. The Morgan fingerprint density at radius 2 is 1.68 bits per heavy atom. The standard InChI is InChI=1S/C23H26N4O/c1-2-9-16-27(15-8-1)25-23(26-17-14-24-19-26)22-13-7-6-10-20(22)18-28-21-11-4-3-5-12-21/h3-7,10-14,17,19H,1-2,8-9,15-16,18H2. The average Bonchev–Trinajstić information content (AvgIpc) is 3.16. The van der Waals surface area contributed by atoms with Crippen molar-refractivity contribution in [1.82, 2.24) is 14.6 Å². The molecule has 1 fully saturated rings. The Balaban J connectivity index is 1.64. The first-order valence-electron chi connectivity index (χ1n) is 9.98. The fourth-order valence-corrected chi connectivity index (χ4v) is 3.46. The zero-order valence-electron chi connectivity index (χ0n) is 16.1. The molecule has 2 heterocycles. The predicted octanol–water partition coefficient (Wildman–Crippen LogP) is 4.55. The molecule has 1 saturated heterocycles. The minimum atomic E-state index is 0.494. The number of hydrogen-bond acceptors (Lipinski definition) is 4. The smallest absolute Gasteiger partial charge is 0.165 e. The lowest BCUT2D eigenvalue weighted by molar-refractivity contribution is 0.298. The summed E-state index contributed by atoms with van der Waals surface area (Å²) in [5.74, 6) is 1.76. The fraction of sp³-hybridized carbons (Fsp3) is 0.304. The van der Waals surface area contributed by atoms with Crippen LogP contribution in [0.15, 0.2) is 78.4 Å². The zero-order chi connectivity index (χ0) is 19.0. The summed E-state index contributed by atoms with van der Waals surface area (Å²) in [6.45, 7) is 2.50. The number of imidazole rings is 1. The Labute approximate surface area is 166 Å². The summed E-state index contributed by atoms with van der Waals surface area (Å²) >= 11 is 0. The summed E-state index contributed by atoms with van der Waals surface area (Å²) in [5.41, 5.74) is 2.18. The van der Waals surface area contributed by atoms with Crippen molar-refractivity contribution in [3.63, 3.8) is 0 Å². The number of ether oxygens (including phenoxy) is 1. The van der Waals surface area contributed by atoms with E-state index in [0.29, 0.717) is 6.61 Å². The Hall–Kier alpha value is -3.08. The molecule has 5 heteroatoms. The molecule has 4 rings (SSSR count). The molecular weight excluding hydrogens is 348 g/mol. The van der Waals surface area contributed by atoms with Gasteiger partial charge in [-0.05, 0) is 25.0 Å². The van der Waals surface area contributed by atoms with Gasteiger partial charge in [0, 0.05) is 36.6 Å². The second-order valence-electron chi connectivity index (χ2n) is 7.02. The second kappa shape index (κ2) is 9.22. The van der Waals surface area contributed by atoms with Gasteiger partial charge >= 0.3 is 0 Å². The maximum absolute atomic E-state index is 6.02. The van der Waals surface area contributed by atoms with Crippen molar-refractivity contribution in [2.75, 3.05) is 13.1 Å². The van der Waals surface area contributed by atoms with Crippen LogP contribution in [0.2, 0.25) is 0 Å². The molecule has 0 aliphatic carbocycles. The van der Waals surface area contributed by atoms with Crippen LogP contribution in [0.3, 0.4) is 0 Å². The average molecular weight is 374 g/mol. The van der Waals surface area contributed by atoms with E-state index in [1.165, 1.54) is 25.7 Å². The fourth-order valence-electron chi connectivity index (χ4n) is 3.46. The van der Waals surface area contributed by atoms with Gasteiger partial charge in [0.2, 0.25) is 0 Å². The SMILES string of the molecule is c1ccc(OCc2ccccc2C(=NN2CCCCCC2)n2ccnc2)cc1. The minimum absolute atomic E-state index is 0.494. The van der Waals surface area contributed by atoms with Gasteiger partial charge in [-0.1, -0.05) is 55.3 Å². The first kappa shape index (κ1) is 18.3. The highest BCUT2D eigenvalue weighted by atomic mass is 16.5. The summed E-state index contributed by atoms with van der Waals surface area (Å²) in [7, 11) is 0. The van der Waals surface area contributed by atoms with Crippen LogP contribution in [0.4, 0.5) is 0 Å². The molecule has 0 unspecified atom stereocenters. The highest BCUT2D eigenvalue weighted by Crippen LogP contribution is 2.18. The largest absolute Gasteiger partial charge is 0.489 e. The van der Waals surface area contributed by atoms with Crippen LogP contribution in [0, 0.1) is 0 Å². The predicted molar refractivity (Wildman–Crippen MR) is 111 cm³/mol. The molecule has 1 aliphatic heterocycles. The highest BCUT2D eigenvalue weighted by molar-refractivity contribution is 6.01. The van der Waals surface area contributed by atoms with E-state index < -0.39 is 0 Å². The summed E-state index contributed by atoms with van der Waals surface area (Å²) in [5, 5.41) is 7.25. The molecule has 5 nitrogen and oxygen atoms in total. The van der Waals surface area contributed by atoms with Crippen LogP contribution in [0.5, 0.6) is 5.75 Å². The van der Waals surface area contributed by atoms with Crippen molar-refractivity contribution in [2.24, 2.45) is 5.10 Å². The summed E-state index contributed by atoms with van der Waals surface area (Å²) in [6.07, 6.45) is 10.5. The number of hydrazone groups is 1. The molecule has 144 valence electrons. The Kier molecular flexibility index (Phi) is 6.02. The van der Waals surface area contributed by atoms with Gasteiger partial charge in [0.25, 0.3) is 0 Å². The topological polar surface area (TPSA) is 42.6 Å². The first-order chi connectivity index (χ1) is 13.9. The molecule has 3 aromatic rings. The summed E-state index contributed by atoms with van der Waals surface area (Å²) in [4.78, 5) is 4.24. The first-order valence-corrected chi connectivity index (χ1v) is 9.98. The van der Waals surface area contributed by atoms with Gasteiger partial charge < -0.3 is 4.74 Å². The summed E-state index contributed by atoms with van der Waals surface area (Å²) in [6, 6.07) is 18.2. The normalized spacial score (nSPS) is 15.3. The molecule has 0 atom stereocenters. The zero-order valence-corrected chi connectivity index (χ0v) is 16.1. The van der Waals surface area contributed by atoms with Crippen LogP contribution in [-0.2, 0) is 6.61 Å². The lowest BCUT2D eigenvalue weighted by Gasteiger charge is -2.20. The molecule has 0 bridgehead atoms. The quantitative estimate of drug-likeness (QED) is 0.486. The van der Waals surface area contributed by atoms with Crippen molar-refractivity contribution in [3.8, 4) is 5.75 Å². The van der Waals surface area contributed by atoms with Crippen molar-refractivity contribution in [2.45, 2.75) is 32.3 Å². The van der Waals surface area contributed by atoms with Crippen molar-refractivity contribution in [1.29, 1.82) is 0 Å². The molecule has 0 radical (unpaired) electrons. The third-order valence-electron chi connectivity index (χ3n) is 4.96. The Morgan fingerprint density at radius 3 is 2.43 bits per heavy atom. The van der Waals surface area contributed by atoms with Gasteiger partial charge in [0.05, 0.1) is 0 Å². The molecule has 2 aromatic carbocycles. The Bertz CT molecular complexity index is 882. The van der Waals surface area contributed by atoms with E-state index in [4.69, 9.17) is 9.84 Å². The number of aromatic nitrogens is 2. The summed E-state index contributed by atoms with van der Waals surface area (Å²) < 4.78 is 8.01. The Morgan fingerprint density at radius 1 is 0.929 bits per heavy atom. The van der Waals surface area contributed by atoms with E-state index in [9.17, 15) is 0 Å². The molecule has 0 spiro atoms. The van der Waals surface area contributed by atoms with E-state index >= 15 is 0 Å². The van der Waals surface area contributed by atoms with Gasteiger partial charge in [0.15, 0.2) is 5.84 Å². The monoisotopic (exact) mass is 374 g/mol. The van der Waals surface area contributed by atoms with Crippen molar-refractivity contribution >= 4 is 5.84 Å². The van der Waals surface area contributed by atoms with Crippen LogP contribution in [0.25, 0.3) is 0 Å². The number of hydrogen-bond donors (Lipinski definition) is 0. The molecule has 0 saturated carbocycles. The minimum Gasteiger partial charge on any atom is -0.489 e. The van der Waals surface area contributed by atoms with Gasteiger partial charge in [-0.15, -0.1) is 0 Å². The highest BCUT2D eigenvalue weighted by Gasteiger charge is 2.15. The van der Waals surface area contributed by atoms with Crippen LogP contribution in [-0.4, -0.2) is 33.5 Å². The van der Waals surface area contributed by atoms with E-state index in [1.807, 2.05) is 53.5 Å². The molecule has 1 aromatic heterocycles. The number of nitrogens with zero attached hydrogens (tertiary/aromatic N) is 4. The molecule has 0 N–H and O–H groups in total. The third-order valence-corrected chi connectivity index (χ3v) is 4.96. The van der Waals surface area contributed by atoms with E-state index in [0.717, 1.165) is 35.8 Å². The number of para-hydroxylation sites is 1. The van der Waals surface area contributed by atoms with E-state index in [-0.39, 0.29) is 0 Å². The lowest BCUT2D eigenvalue weighted by Crippen LogP contribution is -2.24. The maximum Gasteiger partial charge on any atom is 0.165 e. The van der Waals surface area contributed by atoms with Crippen LogP contribution < -0.4 is 4.74 Å². The van der Waals surface area contributed by atoms with Crippen molar-refractivity contribution < 1.29 is 4.74 Å². The number of benzene rings is 2. The molecule has 28 heavy (non-hydrogen) atoms. The second-order valence-corrected chi connectivity index (χ2v) is 7.02. The lowest BCUT2D eigenvalue weighted by atomic mass is 10.1.